The quantitative estimate of drug-likeness (QED) is 0.465. The van der Waals surface area contributed by atoms with Crippen molar-refractivity contribution in [3.05, 3.63) is 52.6 Å². The maximum absolute atomic E-state index is 15.1. The number of allylic oxidation sites excluding steroid dienone is 4. The average molecular weight is 574 g/mol. The smallest absolute Gasteiger partial charge is 0.383 e. The Balaban J connectivity index is 1.68. The molecule has 2 saturated carbocycles. The summed E-state index contributed by atoms with van der Waals surface area (Å²) < 4.78 is 97.4. The predicted molar refractivity (Wildman–Crippen MR) is 134 cm³/mol. The SMILES string of the molecule is CN(C)S(=O)(=O)c1ccc([C@H]2C[C@@]3(C)[C@@H](CC[C@@]3(O)C(F)(F)C(F)(F)F)[C@@H]3CCC4=CC(=O)CCC4=C32)cc1. The van der Waals surface area contributed by atoms with Crippen molar-refractivity contribution < 1.29 is 40.3 Å². The second-order valence-corrected chi connectivity index (χ2v) is 14.0. The van der Waals surface area contributed by atoms with Gasteiger partial charge in [0.05, 0.1) is 4.90 Å². The number of aliphatic hydroxyl groups is 1. The van der Waals surface area contributed by atoms with Gasteiger partial charge in [-0.25, -0.2) is 12.7 Å². The number of halogens is 5. The fourth-order valence-corrected chi connectivity index (χ4v) is 8.70. The number of alkyl halides is 5. The van der Waals surface area contributed by atoms with Gasteiger partial charge in [0, 0.05) is 31.8 Å². The third-order valence-corrected chi connectivity index (χ3v) is 11.7. The molecule has 39 heavy (non-hydrogen) atoms. The minimum absolute atomic E-state index is 0.00306. The van der Waals surface area contributed by atoms with Crippen molar-refractivity contribution in [3.8, 4) is 0 Å². The Morgan fingerprint density at radius 2 is 1.64 bits per heavy atom. The van der Waals surface area contributed by atoms with E-state index in [1.54, 1.807) is 18.2 Å². The van der Waals surface area contributed by atoms with Gasteiger partial charge in [-0.3, -0.25) is 4.79 Å². The average Bonchev–Trinajstić information content (AvgIpc) is 3.14. The third kappa shape index (κ3) is 3.97. The highest BCUT2D eigenvalue weighted by Gasteiger charge is 2.79. The van der Waals surface area contributed by atoms with Gasteiger partial charge in [-0.2, -0.15) is 22.0 Å². The second-order valence-electron chi connectivity index (χ2n) is 11.8. The van der Waals surface area contributed by atoms with E-state index < -0.39 is 51.4 Å². The molecule has 0 spiro atoms. The molecule has 5 atom stereocenters. The zero-order chi connectivity index (χ0) is 28.8. The number of fused-ring (bicyclic) bond motifs is 4. The molecular formula is C28H32F5NO4S. The molecule has 0 aromatic heterocycles. The summed E-state index contributed by atoms with van der Waals surface area (Å²) in [5.74, 6) is -6.85. The van der Waals surface area contributed by atoms with E-state index >= 15 is 8.78 Å². The van der Waals surface area contributed by atoms with E-state index in [1.165, 1.54) is 33.2 Å². The lowest BCUT2D eigenvalue weighted by atomic mass is 9.50. The van der Waals surface area contributed by atoms with E-state index in [0.29, 0.717) is 31.2 Å². The predicted octanol–water partition coefficient (Wildman–Crippen LogP) is 5.77. The van der Waals surface area contributed by atoms with Gasteiger partial charge in [0.2, 0.25) is 10.0 Å². The van der Waals surface area contributed by atoms with E-state index in [1.807, 2.05) is 0 Å². The largest absolute Gasteiger partial charge is 0.456 e. The summed E-state index contributed by atoms with van der Waals surface area (Å²) in [5, 5.41) is 11.3. The molecule has 0 amide bonds. The van der Waals surface area contributed by atoms with Crippen molar-refractivity contribution in [3.63, 3.8) is 0 Å². The highest BCUT2D eigenvalue weighted by Crippen LogP contribution is 2.70. The molecule has 1 aromatic carbocycles. The van der Waals surface area contributed by atoms with Gasteiger partial charge in [-0.15, -0.1) is 0 Å². The summed E-state index contributed by atoms with van der Waals surface area (Å²) in [4.78, 5) is 12.2. The van der Waals surface area contributed by atoms with Crippen LogP contribution in [-0.2, 0) is 14.8 Å². The van der Waals surface area contributed by atoms with Gasteiger partial charge in [0.25, 0.3) is 0 Å². The number of hydrogen-bond donors (Lipinski definition) is 1. The van der Waals surface area contributed by atoms with E-state index in [4.69, 9.17) is 0 Å². The maximum atomic E-state index is 15.1. The molecule has 2 fully saturated rings. The van der Waals surface area contributed by atoms with E-state index in [-0.39, 0.29) is 29.4 Å². The summed E-state index contributed by atoms with van der Waals surface area (Å²) >= 11 is 0. The molecule has 0 heterocycles. The lowest BCUT2D eigenvalue weighted by molar-refractivity contribution is -0.362. The van der Waals surface area contributed by atoms with Gasteiger partial charge in [-0.1, -0.05) is 24.6 Å². The van der Waals surface area contributed by atoms with Crippen LogP contribution in [0, 0.1) is 17.3 Å². The number of benzene rings is 1. The molecule has 4 aliphatic carbocycles. The molecule has 0 saturated heterocycles. The summed E-state index contributed by atoms with van der Waals surface area (Å²) in [7, 11) is -0.956. The molecule has 5 nitrogen and oxygen atoms in total. The number of ketones is 1. The Bertz CT molecular complexity index is 1360. The molecule has 1 aromatic rings. The Morgan fingerprint density at radius 1 is 1.00 bits per heavy atom. The maximum Gasteiger partial charge on any atom is 0.456 e. The molecule has 214 valence electrons. The molecule has 0 bridgehead atoms. The molecule has 1 N–H and O–H groups in total. The summed E-state index contributed by atoms with van der Waals surface area (Å²) in [6.07, 6.45) is -3.34. The second kappa shape index (κ2) is 8.94. The lowest BCUT2D eigenvalue weighted by Gasteiger charge is -2.56. The molecular weight excluding hydrogens is 541 g/mol. The number of hydrogen-bond acceptors (Lipinski definition) is 4. The molecule has 0 aliphatic heterocycles. The number of nitrogens with zero attached hydrogens (tertiary/aromatic N) is 1. The first kappa shape index (κ1) is 28.4. The van der Waals surface area contributed by atoms with Gasteiger partial charge in [0.15, 0.2) is 5.78 Å². The van der Waals surface area contributed by atoms with E-state index in [0.717, 1.165) is 21.0 Å². The van der Waals surface area contributed by atoms with Gasteiger partial charge < -0.3 is 5.11 Å². The lowest BCUT2D eigenvalue weighted by Crippen LogP contribution is -2.65. The number of carbonyl (C=O) groups excluding carboxylic acids is 1. The van der Waals surface area contributed by atoms with Crippen LogP contribution in [0.5, 0.6) is 0 Å². The standard InChI is InChI=1S/C28H32F5NO4S/c1-25-15-22(16-4-8-19(9-5-16)39(37,38)34(2)3)24-20-11-7-18(35)14-17(20)6-10-21(24)23(25)12-13-26(25,36)27(29,30)28(31,32)33/h4-5,8-9,14,21-23,36H,6-7,10-13,15H2,1-3H3/t21-,22+,23-,25-,26-/m0/s1. The summed E-state index contributed by atoms with van der Waals surface area (Å²) in [5.41, 5.74) is -1.68. The van der Waals surface area contributed by atoms with Crippen LogP contribution >= 0.6 is 0 Å². The van der Waals surface area contributed by atoms with Crippen molar-refractivity contribution in [2.45, 2.75) is 80.4 Å². The van der Waals surface area contributed by atoms with Crippen LogP contribution < -0.4 is 0 Å². The first-order valence-electron chi connectivity index (χ1n) is 13.1. The van der Waals surface area contributed by atoms with Crippen molar-refractivity contribution in [1.29, 1.82) is 0 Å². The van der Waals surface area contributed by atoms with Crippen LogP contribution in [0.25, 0.3) is 0 Å². The number of carbonyl (C=O) groups is 1. The van der Waals surface area contributed by atoms with Crippen LogP contribution in [0.3, 0.4) is 0 Å². The van der Waals surface area contributed by atoms with Crippen LogP contribution in [0.15, 0.2) is 52.0 Å². The zero-order valence-corrected chi connectivity index (χ0v) is 22.8. The first-order chi connectivity index (χ1) is 18.0. The van der Waals surface area contributed by atoms with Crippen LogP contribution in [0.1, 0.15) is 63.4 Å². The van der Waals surface area contributed by atoms with Crippen molar-refractivity contribution in [2.75, 3.05) is 14.1 Å². The van der Waals surface area contributed by atoms with Crippen LogP contribution in [0.4, 0.5) is 22.0 Å². The normalized spacial score (nSPS) is 33.5. The van der Waals surface area contributed by atoms with Gasteiger partial charge in [-0.05, 0) is 85.3 Å². The van der Waals surface area contributed by atoms with Crippen LogP contribution in [-0.4, -0.2) is 55.4 Å². The Kier molecular flexibility index (Phi) is 6.52. The Hall–Kier alpha value is -2.11. The van der Waals surface area contributed by atoms with E-state index in [2.05, 4.69) is 0 Å². The Labute approximate surface area is 224 Å². The Morgan fingerprint density at radius 3 is 2.23 bits per heavy atom. The fourth-order valence-electron chi connectivity index (χ4n) is 7.80. The molecule has 4 aliphatic rings. The topological polar surface area (TPSA) is 74.7 Å². The zero-order valence-electron chi connectivity index (χ0n) is 22.0. The van der Waals surface area contributed by atoms with E-state index in [9.17, 15) is 31.5 Å². The highest BCUT2D eigenvalue weighted by molar-refractivity contribution is 7.89. The first-order valence-corrected chi connectivity index (χ1v) is 14.6. The van der Waals surface area contributed by atoms with Crippen LogP contribution in [0.2, 0.25) is 0 Å². The monoisotopic (exact) mass is 573 g/mol. The third-order valence-electron chi connectivity index (χ3n) is 9.82. The van der Waals surface area contributed by atoms with Gasteiger partial charge >= 0.3 is 12.1 Å². The fraction of sp³-hybridized carbons (Fsp3) is 0.607. The summed E-state index contributed by atoms with van der Waals surface area (Å²) in [6, 6.07) is 5.98. The van der Waals surface area contributed by atoms with Gasteiger partial charge in [0.1, 0.15) is 5.60 Å². The molecule has 0 unspecified atom stereocenters. The highest BCUT2D eigenvalue weighted by atomic mass is 32.2. The minimum Gasteiger partial charge on any atom is -0.383 e. The molecule has 0 radical (unpaired) electrons. The van der Waals surface area contributed by atoms with Crippen molar-refractivity contribution in [1.82, 2.24) is 4.31 Å². The number of rotatable bonds is 4. The minimum atomic E-state index is -5.91. The number of sulfonamides is 1. The molecule has 5 rings (SSSR count). The molecule has 11 heteroatoms. The van der Waals surface area contributed by atoms with Crippen molar-refractivity contribution >= 4 is 15.8 Å². The van der Waals surface area contributed by atoms with Crippen molar-refractivity contribution in [2.24, 2.45) is 17.3 Å². The summed E-state index contributed by atoms with van der Waals surface area (Å²) in [6.45, 7) is 1.36.